The Hall–Kier alpha value is -9.11. The van der Waals surface area contributed by atoms with E-state index in [1.807, 2.05) is 128 Å². The first-order valence-corrected chi connectivity index (χ1v) is 34.3. The van der Waals surface area contributed by atoms with Gasteiger partial charge in [-0.2, -0.15) is 9.90 Å². The fraction of sp³-hybridized carbons (Fsp3) is 0.558. The van der Waals surface area contributed by atoms with Gasteiger partial charge in [0.25, 0.3) is 5.24 Å². The summed E-state index contributed by atoms with van der Waals surface area (Å²) in [5.74, 6) is 0.252. The van der Waals surface area contributed by atoms with Crippen LogP contribution >= 0.6 is 11.8 Å². The van der Waals surface area contributed by atoms with E-state index in [4.69, 9.17) is 0 Å². The molecule has 2 aliphatic rings. The molecule has 0 aliphatic carbocycles. The monoisotopic (exact) mass is 1450 g/mol. The van der Waals surface area contributed by atoms with E-state index in [1.165, 1.54) is 37.3 Å². The molecule has 12 heterocycles. The van der Waals surface area contributed by atoms with Crippen LogP contribution in [0.25, 0.3) is 66.6 Å². The van der Waals surface area contributed by atoms with Crippen LogP contribution in [0.2, 0.25) is 0 Å². The smallest absolute Gasteiger partial charge is 0.289 e. The summed E-state index contributed by atoms with van der Waals surface area (Å²) in [6.45, 7) is 50.9. The van der Waals surface area contributed by atoms with Crippen molar-refractivity contribution in [1.29, 1.82) is 0 Å². The highest BCUT2D eigenvalue weighted by Crippen LogP contribution is 2.25. The zero-order valence-corrected chi connectivity index (χ0v) is 62.6. The summed E-state index contributed by atoms with van der Waals surface area (Å²) in [5, 5.41) is 49.2. The van der Waals surface area contributed by atoms with Gasteiger partial charge >= 0.3 is 0 Å². The number of benzene rings is 2. The van der Waals surface area contributed by atoms with Crippen LogP contribution in [0.4, 0.5) is 4.79 Å². The van der Waals surface area contributed by atoms with E-state index < -0.39 is 0 Å². The Bertz CT molecular complexity index is 3950. The fourth-order valence-electron chi connectivity index (χ4n) is 9.96. The first kappa shape index (κ1) is 92.9. The van der Waals surface area contributed by atoms with E-state index in [2.05, 4.69) is 232 Å². The van der Waals surface area contributed by atoms with Crippen LogP contribution in [-0.2, 0) is 38.0 Å². The Morgan fingerprint density at radius 3 is 1.20 bits per heavy atom. The van der Waals surface area contributed by atoms with Crippen LogP contribution in [0.15, 0.2) is 122 Å². The number of thioether (sulfide) groups is 1. The molecule has 2 aliphatic heterocycles. The minimum absolute atomic E-state index is 0. The van der Waals surface area contributed by atoms with Gasteiger partial charge in [0.1, 0.15) is 33.1 Å². The molecule has 0 atom stereocenters. The molecule has 572 valence electrons. The number of hydrogen-bond donors (Lipinski definition) is 0. The molecule has 2 amide bonds. The minimum Gasteiger partial charge on any atom is -0.298 e. The molecule has 10 aromatic heterocycles. The minimum atomic E-state index is -0.111. The number of piperidine rings is 1. The number of fused-ring (bicyclic) bond motifs is 6. The molecule has 0 bridgehead atoms. The largest absolute Gasteiger partial charge is 0.298 e. The summed E-state index contributed by atoms with van der Waals surface area (Å²) >= 11 is 1.08. The van der Waals surface area contributed by atoms with Crippen molar-refractivity contribution in [1.82, 2.24) is 120 Å². The number of carbonyl (C=O) groups is 2. The average molecular weight is 1450 g/mol. The lowest BCUT2D eigenvalue weighted by atomic mass is 10.0. The first-order valence-electron chi connectivity index (χ1n) is 33.3. The molecule has 26 nitrogen and oxygen atoms in total. The van der Waals surface area contributed by atoms with E-state index in [-0.39, 0.29) is 95.0 Å². The molecule has 2 fully saturated rings. The van der Waals surface area contributed by atoms with Crippen LogP contribution in [-0.4, -0.2) is 161 Å². The molecule has 27 heteroatoms. The van der Waals surface area contributed by atoms with Crippen molar-refractivity contribution in [3.05, 3.63) is 122 Å². The van der Waals surface area contributed by atoms with E-state index in [1.54, 1.807) is 35.8 Å². The molecular formula is C77H126N24O2S. The summed E-state index contributed by atoms with van der Waals surface area (Å²) in [4.78, 5) is 43.9. The second-order valence-corrected chi connectivity index (χ2v) is 32.0. The Morgan fingerprint density at radius 1 is 0.375 bits per heavy atom. The standard InChI is InChI=1S/2C10H13N3.4C9H12N4.C9H19N.C6H9NO2S.6CH4/c2*1-10(2,3)13-9-7-5-4-6-8(9)11-12-13;1-9(2,3)13-8-4-5-10-6-7(8)11-12-13;1-9(2,3)13-7-5-4-6-10-8(7)11-12-13;1-9(2,3)13-8-7(11-12-13)5-4-6-10-8;1-9(2,3)13-11-7-5-4-6-10-8(7)12-13;1-9(2,3)10-7-5-4-6-8-10;1-4(2)7-5(8)3-10-6(7)9;;;;;;/h2*4-7H,1-3H3;4*4-6H,1-3H3;4-8H2,1-3H3;4H,3H2,1-2H3;6*1H4. The first-order chi connectivity index (χ1) is 45.7. The molecule has 0 radical (unpaired) electrons. The van der Waals surface area contributed by atoms with Crippen LogP contribution in [0.1, 0.15) is 223 Å². The van der Waals surface area contributed by atoms with Crippen molar-refractivity contribution in [2.24, 2.45) is 0 Å². The van der Waals surface area contributed by atoms with E-state index in [9.17, 15) is 9.59 Å². The fourth-order valence-corrected chi connectivity index (χ4v) is 10.8. The Morgan fingerprint density at radius 2 is 0.769 bits per heavy atom. The van der Waals surface area contributed by atoms with Crippen molar-refractivity contribution >= 4 is 89.5 Å². The summed E-state index contributed by atoms with van der Waals surface area (Å²) in [5.41, 5.74) is 11.1. The number of rotatable bonds is 1. The number of pyridine rings is 4. The maximum atomic E-state index is 10.9. The molecule has 0 saturated carbocycles. The highest BCUT2D eigenvalue weighted by Gasteiger charge is 2.32. The SMILES string of the molecule is C.C.C.C.C.C.CC(C)(C)N1CCCCC1.CC(C)(C)n1nc2cccnc2n1.CC(C)(C)n1nnc2ccccc21.CC(C)(C)n1nnc2ccccc21.CC(C)(C)n1nnc2cccnc21.CC(C)(C)n1nnc2cnccc21.CC(C)(C)n1nnc2ncccc21.CC(C)N1C(=O)CSC1=O. The van der Waals surface area contributed by atoms with Gasteiger partial charge in [-0.1, -0.05) is 113 Å². The molecule has 14 rings (SSSR count). The van der Waals surface area contributed by atoms with E-state index in [0.717, 1.165) is 67.1 Å². The Balaban J connectivity index is 0.000000591. The van der Waals surface area contributed by atoms with Crippen LogP contribution in [0.3, 0.4) is 0 Å². The number of aromatic nitrogens is 22. The normalized spacial score (nSPS) is 13.2. The number of likely N-dealkylation sites (tertiary alicyclic amines) is 1. The molecule has 2 aromatic carbocycles. The lowest BCUT2D eigenvalue weighted by molar-refractivity contribution is -0.125. The highest BCUT2D eigenvalue weighted by molar-refractivity contribution is 8.14. The predicted octanol–water partition coefficient (Wildman–Crippen LogP) is 17.9. The zero-order chi connectivity index (χ0) is 72.2. The van der Waals surface area contributed by atoms with Crippen LogP contribution in [0.5, 0.6) is 0 Å². The highest BCUT2D eigenvalue weighted by atomic mass is 32.2. The third-order valence-electron chi connectivity index (χ3n) is 14.9. The molecule has 0 unspecified atom stereocenters. The number of imide groups is 1. The quantitative estimate of drug-likeness (QED) is 0.148. The Kier molecular flexibility index (Phi) is 34.5. The van der Waals surface area contributed by atoms with Gasteiger partial charge < -0.3 is 0 Å². The van der Waals surface area contributed by atoms with Gasteiger partial charge in [-0.15, -0.1) is 30.6 Å². The summed E-state index contributed by atoms with van der Waals surface area (Å²) < 4.78 is 9.52. The summed E-state index contributed by atoms with van der Waals surface area (Å²) in [6.07, 6.45) is 12.9. The molecule has 0 N–H and O–H groups in total. The molecular weight excluding hydrogens is 1330 g/mol. The van der Waals surface area contributed by atoms with Crippen LogP contribution in [0, 0.1) is 0 Å². The third kappa shape index (κ3) is 25.1. The van der Waals surface area contributed by atoms with Crippen molar-refractivity contribution in [3.63, 3.8) is 0 Å². The maximum Gasteiger partial charge on any atom is 0.289 e. The van der Waals surface area contributed by atoms with Crippen molar-refractivity contribution in [2.75, 3.05) is 18.8 Å². The molecule has 12 aromatic rings. The van der Waals surface area contributed by atoms with Gasteiger partial charge in [0, 0.05) is 36.4 Å². The number of amides is 2. The predicted molar refractivity (Wildman–Crippen MR) is 432 cm³/mol. The van der Waals surface area contributed by atoms with Gasteiger partial charge in [-0.25, -0.2) is 38.4 Å². The topological polar surface area (TPSA) is 276 Å². The number of hydrogen-bond acceptors (Lipinski definition) is 20. The number of carbonyl (C=O) groups excluding carboxylic acids is 2. The van der Waals surface area contributed by atoms with Gasteiger partial charge in [-0.3, -0.25) is 24.4 Å². The lowest BCUT2D eigenvalue weighted by Gasteiger charge is -2.38. The zero-order valence-electron chi connectivity index (χ0n) is 61.8. The second kappa shape index (κ2) is 38.6. The average Bonchev–Trinajstić information content (AvgIpc) is 1.66. The molecule has 0 spiro atoms. The van der Waals surface area contributed by atoms with Crippen molar-refractivity contribution in [2.45, 2.75) is 268 Å². The second-order valence-electron chi connectivity index (χ2n) is 31.0. The molecule has 2 saturated heterocycles. The van der Waals surface area contributed by atoms with Crippen molar-refractivity contribution < 1.29 is 9.59 Å². The van der Waals surface area contributed by atoms with Gasteiger partial charge in [-0.05, 0) is 252 Å². The number of para-hydroxylation sites is 2. The van der Waals surface area contributed by atoms with Gasteiger partial charge in [0.2, 0.25) is 17.2 Å². The molecule has 104 heavy (non-hydrogen) atoms. The third-order valence-corrected chi connectivity index (χ3v) is 15.8. The van der Waals surface area contributed by atoms with E-state index >= 15 is 0 Å². The van der Waals surface area contributed by atoms with Gasteiger partial charge in [0.05, 0.1) is 61.7 Å². The summed E-state index contributed by atoms with van der Waals surface area (Å²) in [6, 6.07) is 29.4. The maximum absolute atomic E-state index is 10.9. The van der Waals surface area contributed by atoms with Crippen molar-refractivity contribution in [3.8, 4) is 0 Å². The lowest BCUT2D eigenvalue weighted by Crippen LogP contribution is -2.44. The van der Waals surface area contributed by atoms with Gasteiger partial charge in [0.15, 0.2) is 5.65 Å². The number of nitrogens with zero attached hydrogens (tertiary/aromatic N) is 24. The van der Waals surface area contributed by atoms with E-state index in [0.29, 0.717) is 22.6 Å². The summed E-state index contributed by atoms with van der Waals surface area (Å²) in [7, 11) is 0. The Labute approximate surface area is 624 Å². The van der Waals surface area contributed by atoms with Crippen LogP contribution < -0.4 is 0 Å².